The summed E-state index contributed by atoms with van der Waals surface area (Å²) in [6.07, 6.45) is 0. The molecule has 0 aliphatic rings. The molecule has 0 amide bonds. The number of rotatable bonds is 2. The molecule has 0 saturated heterocycles. The number of hydrogen-bond donors (Lipinski definition) is 2. The maximum atomic E-state index is 8.81. The molecule has 0 heterocycles. The van der Waals surface area contributed by atoms with Gasteiger partial charge >= 0.3 is 0 Å². The van der Waals surface area contributed by atoms with Crippen molar-refractivity contribution in [1.29, 1.82) is 0 Å². The summed E-state index contributed by atoms with van der Waals surface area (Å²) in [5.74, 6) is 0. The second-order valence-corrected chi connectivity index (χ2v) is 4.32. The van der Waals surface area contributed by atoms with E-state index >= 15 is 0 Å². The normalized spacial score (nSPS) is 13.0. The van der Waals surface area contributed by atoms with Crippen LogP contribution in [0.1, 0.15) is 11.6 Å². The first-order chi connectivity index (χ1) is 5.63. The number of nitrogens with two attached hydrogens (primary N) is 1. The molecule has 0 radical (unpaired) electrons. The Hall–Kier alpha value is 0.1000. The van der Waals surface area contributed by atoms with Crippen molar-refractivity contribution in [1.82, 2.24) is 0 Å². The van der Waals surface area contributed by atoms with Gasteiger partial charge in [-0.2, -0.15) is 0 Å². The van der Waals surface area contributed by atoms with Crippen LogP contribution in [-0.4, -0.2) is 11.7 Å². The Labute approximate surface area is 88.0 Å². The Bertz CT molecular complexity index is 258. The van der Waals surface area contributed by atoms with E-state index in [9.17, 15) is 0 Å². The van der Waals surface area contributed by atoms with Crippen LogP contribution in [0.2, 0.25) is 0 Å². The molecule has 0 bridgehead atoms. The van der Waals surface area contributed by atoms with Crippen molar-refractivity contribution in [3.05, 3.63) is 32.7 Å². The van der Waals surface area contributed by atoms with E-state index in [2.05, 4.69) is 31.9 Å². The smallest absolute Gasteiger partial charge is 0.0624 e. The Morgan fingerprint density at radius 1 is 1.25 bits per heavy atom. The SMILES string of the molecule is NC(CO)c1cc(Br)cc(Br)c1. The van der Waals surface area contributed by atoms with Gasteiger partial charge < -0.3 is 10.8 Å². The van der Waals surface area contributed by atoms with Crippen molar-refractivity contribution >= 4 is 31.9 Å². The molecule has 0 aliphatic heterocycles. The third kappa shape index (κ3) is 2.55. The molecule has 0 spiro atoms. The van der Waals surface area contributed by atoms with Crippen LogP contribution in [0.4, 0.5) is 0 Å². The van der Waals surface area contributed by atoms with Crippen molar-refractivity contribution in [3.8, 4) is 0 Å². The molecular weight excluding hydrogens is 286 g/mol. The highest BCUT2D eigenvalue weighted by atomic mass is 79.9. The first-order valence-corrected chi connectivity index (χ1v) is 5.04. The van der Waals surface area contributed by atoms with E-state index < -0.39 is 0 Å². The Kier molecular flexibility index (Phi) is 3.71. The summed E-state index contributed by atoms with van der Waals surface area (Å²) in [6.45, 7) is -0.0388. The highest BCUT2D eigenvalue weighted by Gasteiger charge is 2.05. The summed E-state index contributed by atoms with van der Waals surface area (Å²) in [6, 6.07) is 5.41. The fourth-order valence-electron chi connectivity index (χ4n) is 0.895. The lowest BCUT2D eigenvalue weighted by atomic mass is 10.1. The predicted octanol–water partition coefficient (Wildman–Crippen LogP) is 2.20. The highest BCUT2D eigenvalue weighted by Crippen LogP contribution is 2.22. The molecular formula is C8H9Br2NO. The average Bonchev–Trinajstić information content (AvgIpc) is 2.01. The van der Waals surface area contributed by atoms with Crippen LogP contribution in [0.25, 0.3) is 0 Å². The fourth-order valence-corrected chi connectivity index (χ4v) is 2.22. The van der Waals surface area contributed by atoms with Crippen LogP contribution in [0.3, 0.4) is 0 Å². The number of halogens is 2. The third-order valence-electron chi connectivity index (χ3n) is 1.51. The van der Waals surface area contributed by atoms with Gasteiger partial charge in [0.2, 0.25) is 0 Å². The number of aliphatic hydroxyl groups excluding tert-OH is 1. The number of benzene rings is 1. The second-order valence-electron chi connectivity index (χ2n) is 2.49. The maximum Gasteiger partial charge on any atom is 0.0624 e. The quantitative estimate of drug-likeness (QED) is 0.878. The molecule has 1 rings (SSSR count). The zero-order chi connectivity index (χ0) is 9.14. The lowest BCUT2D eigenvalue weighted by Gasteiger charge is -2.09. The molecule has 1 atom stereocenters. The van der Waals surface area contributed by atoms with Gasteiger partial charge in [-0.05, 0) is 23.8 Å². The largest absolute Gasteiger partial charge is 0.394 e. The first-order valence-electron chi connectivity index (χ1n) is 3.46. The molecule has 0 fully saturated rings. The maximum absolute atomic E-state index is 8.81. The topological polar surface area (TPSA) is 46.2 Å². The van der Waals surface area contributed by atoms with E-state index in [1.54, 1.807) is 0 Å². The second kappa shape index (κ2) is 4.37. The summed E-state index contributed by atoms with van der Waals surface area (Å²) >= 11 is 6.69. The molecule has 0 saturated carbocycles. The van der Waals surface area contributed by atoms with Gasteiger partial charge in [0, 0.05) is 8.95 Å². The molecule has 0 aromatic heterocycles. The summed E-state index contributed by atoms with van der Waals surface area (Å²) in [5.41, 5.74) is 6.56. The van der Waals surface area contributed by atoms with Crippen molar-refractivity contribution in [2.24, 2.45) is 5.73 Å². The van der Waals surface area contributed by atoms with Crippen LogP contribution >= 0.6 is 31.9 Å². The third-order valence-corrected chi connectivity index (χ3v) is 2.43. The zero-order valence-corrected chi connectivity index (χ0v) is 9.47. The fraction of sp³-hybridized carbons (Fsp3) is 0.250. The Morgan fingerprint density at radius 3 is 2.17 bits per heavy atom. The van der Waals surface area contributed by atoms with Gasteiger partial charge in [0.15, 0.2) is 0 Å². The van der Waals surface area contributed by atoms with E-state index in [0.29, 0.717) is 0 Å². The Balaban J connectivity index is 3.00. The van der Waals surface area contributed by atoms with Gasteiger partial charge in [-0.3, -0.25) is 0 Å². The lowest BCUT2D eigenvalue weighted by Crippen LogP contribution is -2.14. The first kappa shape index (κ1) is 10.2. The van der Waals surface area contributed by atoms with E-state index in [4.69, 9.17) is 10.8 Å². The van der Waals surface area contributed by atoms with Crippen LogP contribution in [0, 0.1) is 0 Å². The molecule has 4 heteroatoms. The van der Waals surface area contributed by atoms with Gasteiger partial charge in [-0.1, -0.05) is 31.9 Å². The lowest BCUT2D eigenvalue weighted by molar-refractivity contribution is 0.268. The van der Waals surface area contributed by atoms with Gasteiger partial charge in [0.25, 0.3) is 0 Å². The van der Waals surface area contributed by atoms with E-state index in [1.165, 1.54) is 0 Å². The van der Waals surface area contributed by atoms with Crippen LogP contribution in [0.15, 0.2) is 27.1 Å². The summed E-state index contributed by atoms with van der Waals surface area (Å²) in [7, 11) is 0. The molecule has 0 aliphatic carbocycles. The average molecular weight is 295 g/mol. The number of hydrogen-bond acceptors (Lipinski definition) is 2. The van der Waals surface area contributed by atoms with Crippen molar-refractivity contribution in [3.63, 3.8) is 0 Å². The molecule has 1 unspecified atom stereocenters. The molecule has 3 N–H and O–H groups in total. The van der Waals surface area contributed by atoms with E-state index in [-0.39, 0.29) is 12.6 Å². The zero-order valence-electron chi connectivity index (χ0n) is 6.30. The monoisotopic (exact) mass is 293 g/mol. The minimum Gasteiger partial charge on any atom is -0.394 e. The summed E-state index contributed by atoms with van der Waals surface area (Å²) in [5, 5.41) is 8.81. The van der Waals surface area contributed by atoms with Crippen LogP contribution < -0.4 is 5.73 Å². The summed E-state index contributed by atoms with van der Waals surface area (Å²) in [4.78, 5) is 0. The van der Waals surface area contributed by atoms with Gasteiger partial charge in [0.05, 0.1) is 12.6 Å². The Morgan fingerprint density at radius 2 is 1.75 bits per heavy atom. The predicted molar refractivity (Wildman–Crippen MR) is 55.9 cm³/mol. The summed E-state index contributed by atoms with van der Waals surface area (Å²) < 4.78 is 1.91. The van der Waals surface area contributed by atoms with Crippen molar-refractivity contribution in [2.45, 2.75) is 6.04 Å². The number of aliphatic hydroxyl groups is 1. The minimum absolute atomic E-state index is 0.0388. The van der Waals surface area contributed by atoms with Crippen LogP contribution in [-0.2, 0) is 0 Å². The minimum atomic E-state index is -0.307. The molecule has 12 heavy (non-hydrogen) atoms. The van der Waals surface area contributed by atoms with Gasteiger partial charge in [-0.25, -0.2) is 0 Å². The van der Waals surface area contributed by atoms with Crippen molar-refractivity contribution in [2.75, 3.05) is 6.61 Å². The standard InChI is InChI=1S/C8H9Br2NO/c9-6-1-5(8(11)4-12)2-7(10)3-6/h1-3,8,12H,4,11H2. The molecule has 2 nitrogen and oxygen atoms in total. The van der Waals surface area contributed by atoms with E-state index in [1.807, 2.05) is 18.2 Å². The van der Waals surface area contributed by atoms with Gasteiger partial charge in [0.1, 0.15) is 0 Å². The van der Waals surface area contributed by atoms with Crippen LogP contribution in [0.5, 0.6) is 0 Å². The van der Waals surface area contributed by atoms with E-state index in [0.717, 1.165) is 14.5 Å². The highest BCUT2D eigenvalue weighted by molar-refractivity contribution is 9.11. The van der Waals surface area contributed by atoms with Crippen molar-refractivity contribution < 1.29 is 5.11 Å². The molecule has 1 aromatic rings. The van der Waals surface area contributed by atoms with Gasteiger partial charge in [-0.15, -0.1) is 0 Å². The molecule has 66 valence electrons. The molecule has 1 aromatic carbocycles.